The van der Waals surface area contributed by atoms with Gasteiger partial charge in [-0.15, -0.1) is 11.8 Å². The highest BCUT2D eigenvalue weighted by atomic mass is 32.2. The molecule has 1 N–H and O–H groups in total. The Kier molecular flexibility index (Phi) is 6.55. The maximum absolute atomic E-state index is 14.0. The molecular formula is C17H20FN3OS. The van der Waals surface area contributed by atoms with Crippen LogP contribution < -0.4 is 5.32 Å². The van der Waals surface area contributed by atoms with Crippen molar-refractivity contribution in [2.24, 2.45) is 0 Å². The van der Waals surface area contributed by atoms with Gasteiger partial charge in [0, 0.05) is 24.1 Å². The van der Waals surface area contributed by atoms with E-state index in [0.717, 1.165) is 5.03 Å². The van der Waals surface area contributed by atoms with E-state index >= 15 is 0 Å². The molecule has 0 aliphatic carbocycles. The topological polar surface area (TPSA) is 45.2 Å². The van der Waals surface area contributed by atoms with E-state index in [1.54, 1.807) is 55.2 Å². The van der Waals surface area contributed by atoms with E-state index in [-0.39, 0.29) is 11.7 Å². The number of amides is 1. The van der Waals surface area contributed by atoms with E-state index < -0.39 is 6.04 Å². The predicted octanol–water partition coefficient (Wildman–Crippen LogP) is 2.73. The standard InChI is InChI=1S/C17H20FN3OS/c1-21(2)16(13-7-3-4-8-14(13)18)17(22)20-11-12-23-15-9-5-6-10-19-15/h3-10,16H,11-12H2,1-2H3,(H,20,22). The van der Waals surface area contributed by atoms with Gasteiger partial charge in [-0.1, -0.05) is 24.3 Å². The molecule has 1 heterocycles. The van der Waals surface area contributed by atoms with Crippen LogP contribution in [-0.2, 0) is 4.79 Å². The SMILES string of the molecule is CN(C)C(C(=O)NCCSc1ccccn1)c1ccccc1F. The fourth-order valence-corrected chi connectivity index (χ4v) is 2.93. The number of nitrogens with one attached hydrogen (secondary N) is 1. The number of pyridine rings is 1. The second kappa shape index (κ2) is 8.64. The fourth-order valence-electron chi connectivity index (χ4n) is 2.21. The molecule has 1 amide bonds. The molecule has 0 aliphatic heterocycles. The van der Waals surface area contributed by atoms with Crippen molar-refractivity contribution >= 4 is 17.7 Å². The largest absolute Gasteiger partial charge is 0.354 e. The van der Waals surface area contributed by atoms with Crippen molar-refractivity contribution < 1.29 is 9.18 Å². The second-order valence-corrected chi connectivity index (χ2v) is 6.31. The first kappa shape index (κ1) is 17.4. The van der Waals surface area contributed by atoms with Gasteiger partial charge in [-0.25, -0.2) is 9.37 Å². The molecule has 0 saturated heterocycles. The van der Waals surface area contributed by atoms with E-state index in [9.17, 15) is 9.18 Å². The molecule has 0 radical (unpaired) electrons. The van der Waals surface area contributed by atoms with Gasteiger partial charge < -0.3 is 5.32 Å². The molecule has 23 heavy (non-hydrogen) atoms. The molecule has 122 valence electrons. The Bertz CT molecular complexity index is 637. The lowest BCUT2D eigenvalue weighted by Crippen LogP contribution is -2.38. The number of hydrogen-bond donors (Lipinski definition) is 1. The summed E-state index contributed by atoms with van der Waals surface area (Å²) in [5.74, 6) is 0.131. The van der Waals surface area contributed by atoms with E-state index in [2.05, 4.69) is 10.3 Å². The Hall–Kier alpha value is -1.92. The molecule has 4 nitrogen and oxygen atoms in total. The van der Waals surface area contributed by atoms with Crippen molar-refractivity contribution in [3.8, 4) is 0 Å². The van der Waals surface area contributed by atoms with Gasteiger partial charge in [0.1, 0.15) is 11.9 Å². The Morgan fingerprint density at radius 2 is 2.00 bits per heavy atom. The summed E-state index contributed by atoms with van der Waals surface area (Å²) >= 11 is 1.57. The number of hydrogen-bond acceptors (Lipinski definition) is 4. The summed E-state index contributed by atoms with van der Waals surface area (Å²) in [6.45, 7) is 0.499. The zero-order valence-electron chi connectivity index (χ0n) is 13.2. The normalized spacial score (nSPS) is 12.2. The molecule has 2 rings (SSSR count). The van der Waals surface area contributed by atoms with Crippen LogP contribution in [0.25, 0.3) is 0 Å². The summed E-state index contributed by atoms with van der Waals surface area (Å²) in [5.41, 5.74) is 0.382. The fraction of sp³-hybridized carbons (Fsp3) is 0.294. The van der Waals surface area contributed by atoms with Crippen LogP contribution in [0.1, 0.15) is 11.6 Å². The minimum Gasteiger partial charge on any atom is -0.354 e. The number of thioether (sulfide) groups is 1. The Balaban J connectivity index is 1.91. The average Bonchev–Trinajstić information content (AvgIpc) is 2.54. The summed E-state index contributed by atoms with van der Waals surface area (Å²) in [6, 6.07) is 11.4. The molecule has 0 bridgehead atoms. The van der Waals surface area contributed by atoms with Crippen molar-refractivity contribution in [1.29, 1.82) is 0 Å². The molecular weight excluding hydrogens is 313 g/mol. The molecule has 0 aliphatic rings. The number of carbonyl (C=O) groups excluding carboxylic acids is 1. The number of nitrogens with zero attached hydrogens (tertiary/aromatic N) is 2. The highest BCUT2D eigenvalue weighted by Crippen LogP contribution is 2.21. The minimum atomic E-state index is -0.643. The maximum Gasteiger partial charge on any atom is 0.242 e. The lowest BCUT2D eigenvalue weighted by atomic mass is 10.0. The zero-order chi connectivity index (χ0) is 16.7. The van der Waals surface area contributed by atoms with E-state index in [0.29, 0.717) is 17.9 Å². The summed E-state index contributed by atoms with van der Waals surface area (Å²) in [6.07, 6.45) is 1.74. The summed E-state index contributed by atoms with van der Waals surface area (Å²) in [5, 5.41) is 3.78. The lowest BCUT2D eigenvalue weighted by molar-refractivity contribution is -0.125. The summed E-state index contributed by atoms with van der Waals surface area (Å²) in [4.78, 5) is 18.3. The number of carbonyl (C=O) groups is 1. The van der Waals surface area contributed by atoms with Gasteiger partial charge in [0.25, 0.3) is 0 Å². The molecule has 1 atom stereocenters. The number of benzene rings is 1. The lowest BCUT2D eigenvalue weighted by Gasteiger charge is -2.24. The molecule has 6 heteroatoms. The van der Waals surface area contributed by atoms with Gasteiger partial charge in [0.05, 0.1) is 5.03 Å². The first-order valence-electron chi connectivity index (χ1n) is 7.32. The second-order valence-electron chi connectivity index (χ2n) is 5.20. The van der Waals surface area contributed by atoms with Crippen LogP contribution in [-0.4, -0.2) is 42.2 Å². The van der Waals surface area contributed by atoms with E-state index in [1.807, 2.05) is 18.2 Å². The van der Waals surface area contributed by atoms with Crippen molar-refractivity contribution in [2.75, 3.05) is 26.4 Å². The van der Waals surface area contributed by atoms with Crippen LogP contribution in [0.5, 0.6) is 0 Å². The first-order valence-corrected chi connectivity index (χ1v) is 8.30. The van der Waals surface area contributed by atoms with Gasteiger partial charge in [-0.3, -0.25) is 9.69 Å². The molecule has 1 unspecified atom stereocenters. The van der Waals surface area contributed by atoms with Gasteiger partial charge in [-0.05, 0) is 32.3 Å². The predicted molar refractivity (Wildman–Crippen MR) is 90.8 cm³/mol. The summed E-state index contributed by atoms with van der Waals surface area (Å²) < 4.78 is 14.0. The average molecular weight is 333 g/mol. The van der Waals surface area contributed by atoms with E-state index in [4.69, 9.17) is 0 Å². The minimum absolute atomic E-state index is 0.207. The smallest absolute Gasteiger partial charge is 0.242 e. The molecule has 2 aromatic rings. The van der Waals surface area contributed by atoms with Crippen molar-refractivity contribution in [1.82, 2.24) is 15.2 Å². The third-order valence-corrected chi connectivity index (χ3v) is 4.20. The van der Waals surface area contributed by atoms with Crippen molar-refractivity contribution in [2.45, 2.75) is 11.1 Å². The van der Waals surface area contributed by atoms with Crippen LogP contribution in [0.4, 0.5) is 4.39 Å². The van der Waals surface area contributed by atoms with Gasteiger partial charge >= 0.3 is 0 Å². The molecule has 1 aromatic heterocycles. The number of halogens is 1. The van der Waals surface area contributed by atoms with Crippen LogP contribution in [0.15, 0.2) is 53.7 Å². The maximum atomic E-state index is 14.0. The monoisotopic (exact) mass is 333 g/mol. The number of rotatable bonds is 7. The van der Waals surface area contributed by atoms with Gasteiger partial charge in [0.2, 0.25) is 5.91 Å². The van der Waals surface area contributed by atoms with Gasteiger partial charge in [0.15, 0.2) is 0 Å². The number of aromatic nitrogens is 1. The van der Waals surface area contributed by atoms with E-state index in [1.165, 1.54) is 6.07 Å². The zero-order valence-corrected chi connectivity index (χ0v) is 14.0. The molecule has 1 aromatic carbocycles. The highest BCUT2D eigenvalue weighted by Gasteiger charge is 2.25. The van der Waals surface area contributed by atoms with Crippen LogP contribution in [0.2, 0.25) is 0 Å². The summed E-state index contributed by atoms with van der Waals surface area (Å²) in [7, 11) is 3.53. The Morgan fingerprint density at radius 3 is 2.65 bits per heavy atom. The third-order valence-electron chi connectivity index (χ3n) is 3.25. The first-order chi connectivity index (χ1) is 11.1. The highest BCUT2D eigenvalue weighted by molar-refractivity contribution is 7.99. The van der Waals surface area contributed by atoms with Crippen LogP contribution >= 0.6 is 11.8 Å². The third kappa shape index (κ3) is 5.04. The van der Waals surface area contributed by atoms with Crippen LogP contribution in [0.3, 0.4) is 0 Å². The Labute approximate surface area is 140 Å². The Morgan fingerprint density at radius 1 is 1.26 bits per heavy atom. The van der Waals surface area contributed by atoms with Gasteiger partial charge in [-0.2, -0.15) is 0 Å². The van der Waals surface area contributed by atoms with Crippen LogP contribution in [0, 0.1) is 5.82 Å². The van der Waals surface area contributed by atoms with Crippen molar-refractivity contribution in [3.05, 3.63) is 60.0 Å². The molecule has 0 spiro atoms. The molecule has 0 saturated carbocycles. The quantitative estimate of drug-likeness (QED) is 0.625. The number of likely N-dealkylation sites (N-methyl/N-ethyl adjacent to an activating group) is 1. The molecule has 0 fully saturated rings. The van der Waals surface area contributed by atoms with Crippen molar-refractivity contribution in [3.63, 3.8) is 0 Å².